The average molecular weight is 283 g/mol. The quantitative estimate of drug-likeness (QED) is 0.434. The van der Waals surface area contributed by atoms with Gasteiger partial charge in [-0.3, -0.25) is 9.59 Å². The molecule has 0 bridgehead atoms. The number of hydrogen-bond donors (Lipinski definition) is 3. The molecule has 0 saturated heterocycles. The molecule has 4 N–H and O–H groups in total. The van der Waals surface area contributed by atoms with Gasteiger partial charge in [-0.05, 0) is 32.2 Å². The zero-order valence-corrected chi connectivity index (χ0v) is 11.4. The largest absolute Gasteiger partial charge is 0.480 e. The highest BCUT2D eigenvalue weighted by Crippen LogP contribution is 2.31. The zero-order chi connectivity index (χ0) is 15.0. The third kappa shape index (κ3) is 4.06. The molecule has 0 radical (unpaired) electrons. The topological polar surface area (TPSA) is 118 Å². The minimum absolute atomic E-state index is 0.0976. The van der Waals surface area contributed by atoms with Gasteiger partial charge in [-0.2, -0.15) is 0 Å². The van der Waals surface area contributed by atoms with E-state index in [4.69, 9.17) is 5.73 Å². The number of carboxylic acids is 2. The second-order valence-corrected chi connectivity index (χ2v) is 4.84. The van der Waals surface area contributed by atoms with Crippen LogP contribution < -0.4 is 5.73 Å². The monoisotopic (exact) mass is 283 g/mol. The lowest BCUT2D eigenvalue weighted by Gasteiger charge is -2.24. The van der Waals surface area contributed by atoms with Crippen LogP contribution in [0.2, 0.25) is 0 Å². The summed E-state index contributed by atoms with van der Waals surface area (Å²) in [6, 6.07) is 0. The molecule has 1 rings (SSSR count). The number of aromatic nitrogens is 2. The van der Waals surface area contributed by atoms with Crippen LogP contribution in [0.3, 0.4) is 0 Å². The Hall–Kier alpha value is -1.89. The Morgan fingerprint density at radius 3 is 2.30 bits per heavy atom. The number of imidazole rings is 1. The van der Waals surface area contributed by atoms with Crippen molar-refractivity contribution in [1.82, 2.24) is 9.55 Å². The summed E-state index contributed by atoms with van der Waals surface area (Å²) >= 11 is 0. The molecule has 0 spiro atoms. The highest BCUT2D eigenvalue weighted by molar-refractivity contribution is 5.98. The molecule has 0 atom stereocenters. The van der Waals surface area contributed by atoms with Gasteiger partial charge in [0, 0.05) is 18.9 Å². The molecule has 7 nitrogen and oxygen atoms in total. The van der Waals surface area contributed by atoms with E-state index in [0.717, 1.165) is 0 Å². The summed E-state index contributed by atoms with van der Waals surface area (Å²) < 4.78 is 1.80. The summed E-state index contributed by atoms with van der Waals surface area (Å²) in [4.78, 5) is 26.7. The number of carbonyl (C=O) groups is 2. The van der Waals surface area contributed by atoms with Gasteiger partial charge in [0.2, 0.25) is 0 Å². The molecule has 112 valence electrons. The minimum Gasteiger partial charge on any atom is -0.480 e. The highest BCUT2D eigenvalue weighted by atomic mass is 16.4. The molecule has 1 aromatic rings. The molecule has 1 heterocycles. The van der Waals surface area contributed by atoms with E-state index in [1.807, 2.05) is 0 Å². The summed E-state index contributed by atoms with van der Waals surface area (Å²) in [6.07, 6.45) is 6.82. The summed E-state index contributed by atoms with van der Waals surface area (Å²) in [6.45, 7) is 0.990. The number of nitrogens with two attached hydrogens (primary N) is 1. The molecule has 7 heteroatoms. The summed E-state index contributed by atoms with van der Waals surface area (Å²) in [7, 11) is 0. The normalized spacial score (nSPS) is 11.4. The maximum atomic E-state index is 11.4. The fourth-order valence-corrected chi connectivity index (χ4v) is 2.20. The summed E-state index contributed by atoms with van der Waals surface area (Å²) in [5.41, 5.74) is 3.66. The number of unbranched alkanes of at least 4 members (excludes halogenated alkanes) is 1. The van der Waals surface area contributed by atoms with Crippen LogP contribution in [0.4, 0.5) is 0 Å². The second-order valence-electron chi connectivity index (χ2n) is 4.84. The fourth-order valence-electron chi connectivity index (χ4n) is 2.20. The molecule has 0 aliphatic heterocycles. The van der Waals surface area contributed by atoms with E-state index in [0.29, 0.717) is 32.4 Å². The molecule has 1 aromatic heterocycles. The minimum atomic E-state index is -1.71. The Bertz CT molecular complexity index is 417. The van der Waals surface area contributed by atoms with Gasteiger partial charge in [-0.15, -0.1) is 0 Å². The highest BCUT2D eigenvalue weighted by Gasteiger charge is 2.45. The number of aliphatic carboxylic acids is 2. The molecule has 0 aliphatic carbocycles. The summed E-state index contributed by atoms with van der Waals surface area (Å²) in [5, 5.41) is 18.6. The molecule has 20 heavy (non-hydrogen) atoms. The maximum absolute atomic E-state index is 11.4. The van der Waals surface area contributed by atoms with Crippen LogP contribution in [0.15, 0.2) is 18.7 Å². The Morgan fingerprint density at radius 2 is 1.80 bits per heavy atom. The molecule has 0 aliphatic rings. The van der Waals surface area contributed by atoms with Crippen molar-refractivity contribution in [2.45, 2.75) is 38.6 Å². The third-order valence-corrected chi connectivity index (χ3v) is 3.46. The number of aryl methyl sites for hydroxylation is 1. The van der Waals surface area contributed by atoms with E-state index < -0.39 is 17.4 Å². The van der Waals surface area contributed by atoms with E-state index in [2.05, 4.69) is 4.98 Å². The van der Waals surface area contributed by atoms with Crippen LogP contribution in [-0.2, 0) is 16.1 Å². The van der Waals surface area contributed by atoms with Crippen LogP contribution in [0.5, 0.6) is 0 Å². The first-order valence-electron chi connectivity index (χ1n) is 6.65. The van der Waals surface area contributed by atoms with Crippen molar-refractivity contribution in [1.29, 1.82) is 0 Å². The first-order chi connectivity index (χ1) is 9.53. The Labute approximate surface area is 117 Å². The van der Waals surface area contributed by atoms with Crippen molar-refractivity contribution in [2.75, 3.05) is 6.54 Å². The van der Waals surface area contributed by atoms with Gasteiger partial charge in [0.1, 0.15) is 0 Å². The van der Waals surface area contributed by atoms with Gasteiger partial charge in [0.15, 0.2) is 5.41 Å². The maximum Gasteiger partial charge on any atom is 0.321 e. The molecule has 0 unspecified atom stereocenters. The lowest BCUT2D eigenvalue weighted by molar-refractivity contribution is -0.166. The zero-order valence-electron chi connectivity index (χ0n) is 11.4. The van der Waals surface area contributed by atoms with Crippen LogP contribution >= 0.6 is 0 Å². The molecule has 0 saturated carbocycles. The van der Waals surface area contributed by atoms with Gasteiger partial charge >= 0.3 is 11.9 Å². The van der Waals surface area contributed by atoms with E-state index in [1.165, 1.54) is 0 Å². The van der Waals surface area contributed by atoms with Gasteiger partial charge in [-0.25, -0.2) is 4.98 Å². The van der Waals surface area contributed by atoms with Crippen LogP contribution in [0.25, 0.3) is 0 Å². The Kier molecular flexibility index (Phi) is 6.17. The molecule has 0 amide bonds. The second kappa shape index (κ2) is 7.64. The SMILES string of the molecule is NCCCCC(CCCn1ccnc1)(C(=O)O)C(=O)O. The number of rotatable bonds is 10. The molecular formula is C13H21N3O4. The predicted octanol–water partition coefficient (Wildman–Crippen LogP) is 0.948. The Morgan fingerprint density at radius 1 is 1.15 bits per heavy atom. The lowest BCUT2D eigenvalue weighted by Crippen LogP contribution is -2.39. The predicted molar refractivity (Wildman–Crippen MR) is 72.1 cm³/mol. The van der Waals surface area contributed by atoms with Crippen LogP contribution in [0.1, 0.15) is 32.1 Å². The number of hydrogen-bond acceptors (Lipinski definition) is 4. The third-order valence-electron chi connectivity index (χ3n) is 3.46. The van der Waals surface area contributed by atoms with Crippen molar-refractivity contribution in [3.8, 4) is 0 Å². The van der Waals surface area contributed by atoms with Crippen LogP contribution in [-0.4, -0.2) is 38.2 Å². The van der Waals surface area contributed by atoms with E-state index >= 15 is 0 Å². The summed E-state index contributed by atoms with van der Waals surface area (Å²) in [5.74, 6) is -2.54. The van der Waals surface area contributed by atoms with E-state index in [9.17, 15) is 19.8 Å². The van der Waals surface area contributed by atoms with Gasteiger partial charge in [0.05, 0.1) is 6.33 Å². The van der Waals surface area contributed by atoms with Crippen molar-refractivity contribution in [3.63, 3.8) is 0 Å². The molecular weight excluding hydrogens is 262 g/mol. The van der Waals surface area contributed by atoms with Crippen molar-refractivity contribution >= 4 is 11.9 Å². The van der Waals surface area contributed by atoms with Crippen LogP contribution in [0, 0.1) is 5.41 Å². The van der Waals surface area contributed by atoms with E-state index in [1.54, 1.807) is 23.3 Å². The van der Waals surface area contributed by atoms with E-state index in [-0.39, 0.29) is 12.8 Å². The van der Waals surface area contributed by atoms with Crippen molar-refractivity contribution in [3.05, 3.63) is 18.7 Å². The molecule has 0 fully saturated rings. The first-order valence-corrected chi connectivity index (χ1v) is 6.65. The van der Waals surface area contributed by atoms with Gasteiger partial charge < -0.3 is 20.5 Å². The van der Waals surface area contributed by atoms with Gasteiger partial charge in [-0.1, -0.05) is 6.42 Å². The van der Waals surface area contributed by atoms with Crippen molar-refractivity contribution in [2.24, 2.45) is 11.1 Å². The fraction of sp³-hybridized carbons (Fsp3) is 0.615. The molecule has 0 aromatic carbocycles. The van der Waals surface area contributed by atoms with Gasteiger partial charge in [0.25, 0.3) is 0 Å². The lowest BCUT2D eigenvalue weighted by atomic mass is 9.78. The number of carboxylic acid groups (broad SMARTS) is 2. The average Bonchev–Trinajstić information content (AvgIpc) is 2.89. The van der Waals surface area contributed by atoms with Crippen molar-refractivity contribution < 1.29 is 19.8 Å². The smallest absolute Gasteiger partial charge is 0.321 e. The number of nitrogens with zero attached hydrogens (tertiary/aromatic N) is 2. The Balaban J connectivity index is 2.65. The standard InChI is InChI=1S/C13H21N3O4/c14-6-2-1-4-13(11(17)18,12(19)20)5-3-8-16-9-7-15-10-16/h7,9-10H,1-6,8,14H2,(H,17,18)(H,19,20). The first kappa shape index (κ1) is 16.2.